The van der Waals surface area contributed by atoms with Gasteiger partial charge in [0.2, 0.25) is 0 Å². The summed E-state index contributed by atoms with van der Waals surface area (Å²) >= 11 is 0. The Morgan fingerprint density at radius 3 is 2.59 bits per heavy atom. The zero-order chi connectivity index (χ0) is 20.3. The summed E-state index contributed by atoms with van der Waals surface area (Å²) in [6.45, 7) is 0.781. The third kappa shape index (κ3) is 4.56. The summed E-state index contributed by atoms with van der Waals surface area (Å²) < 4.78 is 43.0. The third-order valence-electron chi connectivity index (χ3n) is 4.56. The van der Waals surface area contributed by atoms with E-state index in [1.807, 2.05) is 35.0 Å². The molecule has 1 aliphatic heterocycles. The number of benzene rings is 1. The van der Waals surface area contributed by atoms with Crippen molar-refractivity contribution in [3.05, 3.63) is 84.0 Å². The van der Waals surface area contributed by atoms with Gasteiger partial charge in [0.15, 0.2) is 0 Å². The summed E-state index contributed by atoms with van der Waals surface area (Å²) in [5.41, 5.74) is 4.69. The molecule has 0 unspecified atom stereocenters. The van der Waals surface area contributed by atoms with Crippen LogP contribution in [0.5, 0.6) is 5.75 Å². The van der Waals surface area contributed by atoms with E-state index in [0.29, 0.717) is 0 Å². The van der Waals surface area contributed by atoms with Crippen LogP contribution in [0.15, 0.2) is 77.7 Å². The second-order valence-electron chi connectivity index (χ2n) is 6.59. The smallest absolute Gasteiger partial charge is 0.406 e. The highest BCUT2D eigenvalue weighted by Crippen LogP contribution is 2.26. The quantitative estimate of drug-likeness (QED) is 0.588. The first kappa shape index (κ1) is 19.0. The molecule has 148 valence electrons. The molecule has 0 radical (unpaired) electrons. The lowest BCUT2D eigenvalue weighted by Crippen LogP contribution is -2.17. The molecule has 29 heavy (non-hydrogen) atoms. The number of hydrogen-bond donors (Lipinski definition) is 0. The van der Waals surface area contributed by atoms with Gasteiger partial charge in [-0.2, -0.15) is 0 Å². The lowest BCUT2D eigenvalue weighted by Gasteiger charge is -2.17. The SMILES string of the molecule is FC(F)(F)Oc1ccc(-n2cccc2C=C2CCCN=C2c2cccnc2)cc1. The van der Waals surface area contributed by atoms with Crippen molar-refractivity contribution in [2.24, 2.45) is 4.99 Å². The van der Waals surface area contributed by atoms with Crippen molar-refractivity contribution in [1.29, 1.82) is 0 Å². The summed E-state index contributed by atoms with van der Waals surface area (Å²) in [6, 6.07) is 13.5. The second-order valence-corrected chi connectivity index (χ2v) is 6.59. The number of aliphatic imine (C=N–C) groups is 1. The average Bonchev–Trinajstić information content (AvgIpc) is 3.17. The Morgan fingerprint density at radius 2 is 1.86 bits per heavy atom. The highest BCUT2D eigenvalue weighted by atomic mass is 19.4. The van der Waals surface area contributed by atoms with Crippen LogP contribution in [-0.2, 0) is 0 Å². The summed E-state index contributed by atoms with van der Waals surface area (Å²) in [5, 5.41) is 0. The minimum atomic E-state index is -4.70. The summed E-state index contributed by atoms with van der Waals surface area (Å²) in [6.07, 6.45) is 4.65. The van der Waals surface area contributed by atoms with Gasteiger partial charge in [-0.15, -0.1) is 13.2 Å². The molecule has 0 spiro atoms. The highest BCUT2D eigenvalue weighted by Gasteiger charge is 2.31. The van der Waals surface area contributed by atoms with E-state index in [9.17, 15) is 13.2 Å². The van der Waals surface area contributed by atoms with Gasteiger partial charge in [0.25, 0.3) is 0 Å². The van der Waals surface area contributed by atoms with E-state index in [2.05, 4.69) is 20.8 Å². The number of hydrogen-bond acceptors (Lipinski definition) is 3. The predicted octanol–water partition coefficient (Wildman–Crippen LogP) is 5.44. The topological polar surface area (TPSA) is 39.4 Å². The largest absolute Gasteiger partial charge is 0.573 e. The lowest BCUT2D eigenvalue weighted by atomic mass is 9.96. The minimum Gasteiger partial charge on any atom is -0.406 e. The number of halogens is 3. The Labute approximate surface area is 166 Å². The fourth-order valence-corrected chi connectivity index (χ4v) is 3.33. The number of pyridine rings is 1. The van der Waals surface area contributed by atoms with Gasteiger partial charge >= 0.3 is 6.36 Å². The molecular weight excluding hydrogens is 379 g/mol. The van der Waals surface area contributed by atoms with Crippen molar-refractivity contribution < 1.29 is 17.9 Å². The number of nitrogens with zero attached hydrogens (tertiary/aromatic N) is 3. The van der Waals surface area contributed by atoms with Gasteiger partial charge in [-0.05, 0) is 73.0 Å². The number of ether oxygens (including phenoxy) is 1. The van der Waals surface area contributed by atoms with Crippen LogP contribution >= 0.6 is 0 Å². The highest BCUT2D eigenvalue weighted by molar-refractivity contribution is 6.15. The molecule has 0 bridgehead atoms. The molecule has 0 amide bonds. The Bertz CT molecular complexity index is 1040. The Hall–Kier alpha value is -3.35. The molecule has 0 atom stereocenters. The first-order valence-electron chi connectivity index (χ1n) is 9.19. The number of allylic oxidation sites excluding steroid dienone is 1. The van der Waals surface area contributed by atoms with E-state index in [1.54, 1.807) is 24.5 Å². The molecule has 7 heteroatoms. The van der Waals surface area contributed by atoms with Crippen LogP contribution in [0.1, 0.15) is 24.1 Å². The molecule has 2 aromatic heterocycles. The van der Waals surface area contributed by atoms with Gasteiger partial charge in [-0.25, -0.2) is 0 Å². The van der Waals surface area contributed by atoms with Gasteiger partial charge < -0.3 is 9.30 Å². The molecule has 0 N–H and O–H groups in total. The van der Waals surface area contributed by atoms with Crippen LogP contribution in [0, 0.1) is 0 Å². The van der Waals surface area contributed by atoms with Gasteiger partial charge in [-0.3, -0.25) is 9.98 Å². The standard InChI is InChI=1S/C22H18F3N3O/c23-22(24,25)29-20-9-7-18(8-10-20)28-13-3-6-19(28)14-16-4-2-12-27-21(16)17-5-1-11-26-15-17/h1,3,5-11,13-15H,2,4,12H2. The normalized spacial score (nSPS) is 16.0. The zero-order valence-electron chi connectivity index (χ0n) is 15.4. The molecular formula is C22H18F3N3O. The molecule has 0 saturated carbocycles. The van der Waals surface area contributed by atoms with Crippen LogP contribution in [0.2, 0.25) is 0 Å². The summed E-state index contributed by atoms with van der Waals surface area (Å²) in [4.78, 5) is 8.87. The number of alkyl halides is 3. The van der Waals surface area contributed by atoms with Gasteiger partial charge in [-0.1, -0.05) is 0 Å². The van der Waals surface area contributed by atoms with Crippen molar-refractivity contribution in [1.82, 2.24) is 9.55 Å². The van der Waals surface area contributed by atoms with Crippen LogP contribution in [-0.4, -0.2) is 28.2 Å². The van der Waals surface area contributed by atoms with Gasteiger partial charge in [0, 0.05) is 42.1 Å². The van der Waals surface area contributed by atoms with E-state index in [4.69, 9.17) is 0 Å². The van der Waals surface area contributed by atoms with Crippen LogP contribution in [0.4, 0.5) is 13.2 Å². The van der Waals surface area contributed by atoms with Crippen LogP contribution < -0.4 is 4.74 Å². The van der Waals surface area contributed by atoms with Crippen LogP contribution in [0.25, 0.3) is 11.8 Å². The lowest BCUT2D eigenvalue weighted by molar-refractivity contribution is -0.274. The third-order valence-corrected chi connectivity index (χ3v) is 4.56. The molecule has 0 aliphatic carbocycles. The first-order valence-corrected chi connectivity index (χ1v) is 9.19. The molecule has 0 saturated heterocycles. The second kappa shape index (κ2) is 7.95. The predicted molar refractivity (Wildman–Crippen MR) is 105 cm³/mol. The van der Waals surface area contributed by atoms with Crippen molar-refractivity contribution in [2.45, 2.75) is 19.2 Å². The Kier molecular flexibility index (Phi) is 5.20. The molecule has 3 aromatic rings. The molecule has 0 fully saturated rings. The zero-order valence-corrected chi connectivity index (χ0v) is 15.4. The number of rotatable bonds is 4. The van der Waals surface area contributed by atoms with E-state index >= 15 is 0 Å². The molecule has 4 rings (SSSR count). The van der Waals surface area contributed by atoms with E-state index in [1.165, 1.54) is 12.1 Å². The Morgan fingerprint density at radius 1 is 1.03 bits per heavy atom. The molecule has 1 aliphatic rings. The maximum absolute atomic E-state index is 12.4. The Balaban J connectivity index is 1.64. The molecule has 1 aromatic carbocycles. The summed E-state index contributed by atoms with van der Waals surface area (Å²) in [7, 11) is 0. The van der Waals surface area contributed by atoms with E-state index in [-0.39, 0.29) is 5.75 Å². The van der Waals surface area contributed by atoms with Crippen LogP contribution in [0.3, 0.4) is 0 Å². The van der Waals surface area contributed by atoms with Crippen molar-refractivity contribution in [3.8, 4) is 11.4 Å². The molecule has 4 nitrogen and oxygen atoms in total. The maximum atomic E-state index is 12.4. The monoisotopic (exact) mass is 397 g/mol. The van der Waals surface area contributed by atoms with E-state index < -0.39 is 6.36 Å². The van der Waals surface area contributed by atoms with Crippen molar-refractivity contribution >= 4 is 11.8 Å². The maximum Gasteiger partial charge on any atom is 0.573 e. The van der Waals surface area contributed by atoms with Gasteiger partial charge in [0.1, 0.15) is 5.75 Å². The van der Waals surface area contributed by atoms with Gasteiger partial charge in [0.05, 0.1) is 5.71 Å². The fraction of sp³-hybridized carbons (Fsp3) is 0.182. The average molecular weight is 397 g/mol. The fourth-order valence-electron chi connectivity index (χ4n) is 3.33. The first-order chi connectivity index (χ1) is 14.0. The van der Waals surface area contributed by atoms with E-state index in [0.717, 1.165) is 47.6 Å². The van der Waals surface area contributed by atoms with Crippen molar-refractivity contribution in [2.75, 3.05) is 6.54 Å². The summed E-state index contributed by atoms with van der Waals surface area (Å²) in [5.74, 6) is -0.244. The van der Waals surface area contributed by atoms with Crippen molar-refractivity contribution in [3.63, 3.8) is 0 Å². The minimum absolute atomic E-state index is 0.244. The number of aromatic nitrogens is 2. The molecule has 3 heterocycles.